The molecule has 0 spiro atoms. The summed E-state index contributed by atoms with van der Waals surface area (Å²) in [6.07, 6.45) is 13.2. The van der Waals surface area contributed by atoms with Crippen molar-refractivity contribution in [3.63, 3.8) is 0 Å². The summed E-state index contributed by atoms with van der Waals surface area (Å²) >= 11 is 0. The van der Waals surface area contributed by atoms with Gasteiger partial charge in [-0.2, -0.15) is 0 Å². The van der Waals surface area contributed by atoms with Gasteiger partial charge in [-0.05, 0) is 116 Å². The number of esters is 1. The van der Waals surface area contributed by atoms with Gasteiger partial charge in [-0.1, -0.05) is 47.6 Å². The summed E-state index contributed by atoms with van der Waals surface area (Å²) in [4.78, 5) is 11.7. The van der Waals surface area contributed by atoms with Crippen LogP contribution in [0.3, 0.4) is 0 Å². The van der Waals surface area contributed by atoms with E-state index in [-0.39, 0.29) is 22.5 Å². The fraction of sp³-hybridized carbons (Fsp3) is 0.903. The Hall–Kier alpha value is -0.653. The predicted molar refractivity (Wildman–Crippen MR) is 149 cm³/mol. The average Bonchev–Trinajstić information content (AvgIpc) is 3.14. The molecule has 0 heterocycles. The van der Waals surface area contributed by atoms with Crippen molar-refractivity contribution in [2.75, 3.05) is 7.11 Å². The van der Waals surface area contributed by atoms with E-state index in [1.807, 2.05) is 0 Å². The van der Waals surface area contributed by atoms with Crippen LogP contribution in [0.2, 0.25) is 18.1 Å². The van der Waals surface area contributed by atoms with E-state index in [0.717, 1.165) is 12.8 Å². The Kier molecular flexibility index (Phi) is 7.74. The first-order chi connectivity index (χ1) is 16.6. The Labute approximate surface area is 222 Å². The van der Waals surface area contributed by atoms with Gasteiger partial charge in [0.2, 0.25) is 0 Å². The molecule has 0 amide bonds. The highest BCUT2D eigenvalue weighted by molar-refractivity contribution is 6.74. The molecule has 4 rings (SSSR count). The number of hydrogen-bond acceptors (Lipinski definition) is 4. The minimum absolute atomic E-state index is 0.191. The zero-order valence-corrected chi connectivity index (χ0v) is 25.6. The summed E-state index contributed by atoms with van der Waals surface area (Å²) in [5, 5.41) is 11.9. The standard InChI is InChI=1S/C31H54O4Si/c1-20(10-13-27(33)34-7)23-11-12-24-28-25(15-17-31(23,24)6)30(5)16-14-22(18-21(30)19-26(28)32)35-36(8,9)29(2,3)4/h10,13,20-26,28,32H,11-12,14-19H2,1-9H3/b13-10+/t20-,21?,22?,23?,24+,25+,26-,28+,30?,31?/m1/s1. The second-order valence-electron chi connectivity index (χ2n) is 15.0. The number of methoxy groups -OCH3 is 1. The van der Waals surface area contributed by atoms with Crippen LogP contribution in [0.15, 0.2) is 12.2 Å². The van der Waals surface area contributed by atoms with Crippen LogP contribution in [0.25, 0.3) is 0 Å². The summed E-state index contributed by atoms with van der Waals surface area (Å²) in [6.45, 7) is 19.1. The number of aliphatic hydroxyl groups excluding tert-OH is 1. The van der Waals surface area contributed by atoms with Gasteiger partial charge >= 0.3 is 5.97 Å². The predicted octanol–water partition coefficient (Wildman–Crippen LogP) is 7.37. The minimum Gasteiger partial charge on any atom is -0.466 e. The quantitative estimate of drug-likeness (QED) is 0.234. The second kappa shape index (κ2) is 9.83. The summed E-state index contributed by atoms with van der Waals surface area (Å²) in [5.74, 6) is 2.85. The van der Waals surface area contributed by atoms with Crippen LogP contribution < -0.4 is 0 Å². The third kappa shape index (κ3) is 4.79. The lowest BCUT2D eigenvalue weighted by Gasteiger charge is -2.63. The highest BCUT2D eigenvalue weighted by Crippen LogP contribution is 2.68. The fourth-order valence-electron chi connectivity index (χ4n) is 9.22. The Balaban J connectivity index is 1.50. The molecule has 0 saturated heterocycles. The average molecular weight is 519 g/mol. The first kappa shape index (κ1) is 28.4. The number of carbonyl (C=O) groups excluding carboxylic acids is 1. The smallest absolute Gasteiger partial charge is 0.330 e. The lowest BCUT2D eigenvalue weighted by molar-refractivity contribution is -0.172. The van der Waals surface area contributed by atoms with Crippen LogP contribution in [0.4, 0.5) is 0 Å². The van der Waals surface area contributed by atoms with E-state index in [1.54, 1.807) is 6.08 Å². The molecule has 0 aromatic heterocycles. The molecule has 4 saturated carbocycles. The lowest BCUT2D eigenvalue weighted by Crippen LogP contribution is -2.59. The molecule has 0 aromatic rings. The topological polar surface area (TPSA) is 55.8 Å². The molecule has 4 fully saturated rings. The molecule has 5 unspecified atom stereocenters. The first-order valence-corrected chi connectivity index (χ1v) is 17.7. The summed E-state index contributed by atoms with van der Waals surface area (Å²) < 4.78 is 11.7. The van der Waals surface area contributed by atoms with Crippen molar-refractivity contribution in [1.29, 1.82) is 0 Å². The summed E-state index contributed by atoms with van der Waals surface area (Å²) in [5.41, 5.74) is 0.570. The van der Waals surface area contributed by atoms with E-state index in [0.29, 0.717) is 47.0 Å². The zero-order valence-electron chi connectivity index (χ0n) is 24.6. The van der Waals surface area contributed by atoms with E-state index in [1.165, 1.54) is 45.6 Å². The molecular weight excluding hydrogens is 464 g/mol. The molecule has 4 nitrogen and oxygen atoms in total. The van der Waals surface area contributed by atoms with Crippen LogP contribution in [-0.2, 0) is 14.0 Å². The molecule has 10 atom stereocenters. The summed E-state index contributed by atoms with van der Waals surface area (Å²) in [6, 6.07) is 0. The van der Waals surface area contributed by atoms with Gasteiger partial charge in [0.25, 0.3) is 0 Å². The van der Waals surface area contributed by atoms with Crippen LogP contribution in [0, 0.1) is 46.3 Å². The van der Waals surface area contributed by atoms with E-state index in [9.17, 15) is 9.90 Å². The van der Waals surface area contributed by atoms with Crippen molar-refractivity contribution < 1.29 is 19.1 Å². The van der Waals surface area contributed by atoms with Gasteiger partial charge in [-0.3, -0.25) is 0 Å². The van der Waals surface area contributed by atoms with Crippen LogP contribution in [0.5, 0.6) is 0 Å². The van der Waals surface area contributed by atoms with E-state index >= 15 is 0 Å². The van der Waals surface area contributed by atoms with E-state index < -0.39 is 8.32 Å². The number of hydrogen-bond donors (Lipinski definition) is 1. The van der Waals surface area contributed by atoms with Gasteiger partial charge in [0.1, 0.15) is 0 Å². The van der Waals surface area contributed by atoms with Crippen molar-refractivity contribution in [3.8, 4) is 0 Å². The molecule has 36 heavy (non-hydrogen) atoms. The van der Waals surface area contributed by atoms with Gasteiger partial charge in [0, 0.05) is 12.2 Å². The molecule has 206 valence electrons. The van der Waals surface area contributed by atoms with Crippen molar-refractivity contribution in [2.24, 2.45) is 46.3 Å². The highest BCUT2D eigenvalue weighted by atomic mass is 28.4. The molecule has 0 bridgehead atoms. The Morgan fingerprint density at radius 1 is 1.03 bits per heavy atom. The molecule has 1 N–H and O–H groups in total. The molecule has 4 aliphatic carbocycles. The van der Waals surface area contributed by atoms with Crippen LogP contribution in [0.1, 0.15) is 92.9 Å². The van der Waals surface area contributed by atoms with Gasteiger partial charge < -0.3 is 14.3 Å². The van der Waals surface area contributed by atoms with Crippen LogP contribution >= 0.6 is 0 Å². The number of fused-ring (bicyclic) bond motifs is 5. The first-order valence-electron chi connectivity index (χ1n) is 14.8. The monoisotopic (exact) mass is 518 g/mol. The number of ether oxygens (including phenoxy) is 1. The molecule has 5 heteroatoms. The van der Waals surface area contributed by atoms with Gasteiger partial charge in [0.05, 0.1) is 13.2 Å². The second-order valence-corrected chi connectivity index (χ2v) is 19.8. The Morgan fingerprint density at radius 3 is 2.31 bits per heavy atom. The highest BCUT2D eigenvalue weighted by Gasteiger charge is 2.63. The number of aliphatic hydroxyl groups is 1. The molecule has 0 aliphatic heterocycles. The molecular formula is C31H54O4Si. The van der Waals surface area contributed by atoms with Gasteiger partial charge in [-0.15, -0.1) is 0 Å². The Bertz CT molecular complexity index is 846. The lowest BCUT2D eigenvalue weighted by atomic mass is 9.43. The molecule has 0 aromatic carbocycles. The van der Waals surface area contributed by atoms with Crippen molar-refractivity contribution >= 4 is 14.3 Å². The molecule has 4 aliphatic rings. The Morgan fingerprint density at radius 2 is 1.67 bits per heavy atom. The maximum Gasteiger partial charge on any atom is 0.330 e. The maximum absolute atomic E-state index is 11.7. The minimum atomic E-state index is -1.78. The number of allylic oxidation sites excluding steroid dienone is 1. The summed E-state index contributed by atoms with van der Waals surface area (Å²) in [7, 11) is -0.343. The SMILES string of the molecule is COC(=O)/C=C/[C@@H](C)C1CC[C@H]2[C@@H]3[C@H](O)CC4CC(O[Si](C)(C)C(C)(C)C)CCC4(C)[C@H]3CCC12C. The van der Waals surface area contributed by atoms with Crippen LogP contribution in [-0.4, -0.2) is 38.7 Å². The maximum atomic E-state index is 11.7. The fourth-order valence-corrected chi connectivity index (χ4v) is 10.6. The largest absolute Gasteiger partial charge is 0.466 e. The molecule has 0 radical (unpaired) electrons. The third-order valence-electron chi connectivity index (χ3n) is 12.3. The van der Waals surface area contributed by atoms with Crippen molar-refractivity contribution in [2.45, 2.75) is 123 Å². The number of rotatable bonds is 5. The van der Waals surface area contributed by atoms with Crippen molar-refractivity contribution in [1.82, 2.24) is 0 Å². The third-order valence-corrected chi connectivity index (χ3v) is 16.9. The van der Waals surface area contributed by atoms with Crippen molar-refractivity contribution in [3.05, 3.63) is 12.2 Å². The van der Waals surface area contributed by atoms with Gasteiger partial charge in [0.15, 0.2) is 8.32 Å². The number of carbonyl (C=O) groups is 1. The van der Waals surface area contributed by atoms with E-state index in [4.69, 9.17) is 9.16 Å². The van der Waals surface area contributed by atoms with Gasteiger partial charge in [-0.25, -0.2) is 4.79 Å². The normalized spacial score (nSPS) is 44.0. The van der Waals surface area contributed by atoms with E-state index in [2.05, 4.69) is 60.7 Å². The zero-order chi connectivity index (χ0) is 26.7.